The van der Waals surface area contributed by atoms with Gasteiger partial charge in [-0.1, -0.05) is 170 Å². The summed E-state index contributed by atoms with van der Waals surface area (Å²) in [6, 6.07) is 23.0. The predicted molar refractivity (Wildman–Crippen MR) is 286 cm³/mol. The fourth-order valence-corrected chi connectivity index (χ4v) is 49.1. The molecule has 0 aromatic carbocycles. The normalized spacial score (nSPS) is 31.5. The van der Waals surface area contributed by atoms with Crippen LogP contribution in [0.2, 0.25) is 169 Å². The molecule has 6 fully saturated rings. The topological polar surface area (TPSA) is 46.8 Å². The molecule has 0 amide bonds. The van der Waals surface area contributed by atoms with Gasteiger partial charge in [-0.2, -0.15) is 0 Å². The molecule has 61 heavy (non-hydrogen) atoms. The first kappa shape index (κ1) is 51.7. The van der Waals surface area contributed by atoms with E-state index >= 15 is 0 Å². The maximum Gasteiger partial charge on any atom is 0.191 e. The Hall–Kier alpha value is 1.36. The van der Waals surface area contributed by atoms with Gasteiger partial charge in [0.2, 0.25) is 0 Å². The molecule has 3 aliphatic heterocycles. The zero-order valence-electron chi connectivity index (χ0n) is 43.1. The van der Waals surface area contributed by atoms with E-state index in [9.17, 15) is 0 Å². The average molecular weight is 966 g/mol. The summed E-state index contributed by atoms with van der Waals surface area (Å²) in [5.41, 5.74) is 0. The van der Waals surface area contributed by atoms with E-state index in [1.165, 1.54) is 113 Å². The summed E-state index contributed by atoms with van der Waals surface area (Å²) >= 11 is 0. The van der Waals surface area contributed by atoms with Crippen LogP contribution < -0.4 is 0 Å². The van der Waals surface area contributed by atoms with Crippen LogP contribution in [0.4, 0.5) is 0 Å². The third-order valence-corrected chi connectivity index (χ3v) is 45.4. The zero-order valence-corrected chi connectivity index (χ0v) is 50.1. The Kier molecular flexibility index (Phi) is 18.1. The van der Waals surface area contributed by atoms with Gasteiger partial charge < -0.3 is 18.6 Å². The van der Waals surface area contributed by atoms with Crippen molar-refractivity contribution in [1.29, 1.82) is 0 Å². The van der Waals surface area contributed by atoms with Gasteiger partial charge in [0.1, 0.15) is 0 Å². The number of hydrogen-bond acceptors (Lipinski definition) is 4. The summed E-state index contributed by atoms with van der Waals surface area (Å²) in [6.07, 6.45) is 20.8. The Labute approximate surface area is 387 Å². The van der Waals surface area contributed by atoms with Crippen molar-refractivity contribution < 1.29 is 18.6 Å². The van der Waals surface area contributed by atoms with Crippen molar-refractivity contribution in [3.05, 3.63) is 0 Å². The van der Waals surface area contributed by atoms with Crippen molar-refractivity contribution in [2.45, 2.75) is 290 Å². The Morgan fingerprint density at radius 1 is 0.328 bits per heavy atom. The molecule has 0 spiro atoms. The lowest BCUT2D eigenvalue weighted by Crippen LogP contribution is -2.45. The predicted octanol–water partition coefficient (Wildman–Crippen LogP) is 16.1. The van der Waals surface area contributed by atoms with Gasteiger partial charge in [-0.3, -0.25) is 0 Å². The fraction of sp³-hybridized carbons (Fsp3) is 1.00. The van der Waals surface area contributed by atoms with Crippen LogP contribution >= 0.6 is 0 Å². The van der Waals surface area contributed by atoms with Crippen LogP contribution in [0.15, 0.2) is 0 Å². The number of hydrogen-bond donors (Lipinski definition) is 0. The van der Waals surface area contributed by atoms with E-state index in [1.54, 1.807) is 54.4 Å². The first-order chi connectivity index (χ1) is 28.4. The van der Waals surface area contributed by atoms with Crippen molar-refractivity contribution in [2.75, 3.05) is 6.61 Å². The maximum atomic E-state index is 7.41. The van der Waals surface area contributed by atoms with E-state index in [0.29, 0.717) is 36.6 Å². The molecule has 0 N–H and O–H groups in total. The Balaban J connectivity index is 1.02. The number of fused-ring (bicyclic) bond motifs is 3. The molecule has 356 valence electrons. The summed E-state index contributed by atoms with van der Waals surface area (Å²) in [5, 5.41) is 0. The van der Waals surface area contributed by atoms with E-state index in [4.69, 9.17) is 18.6 Å². The van der Waals surface area contributed by atoms with E-state index in [0.717, 1.165) is 24.4 Å². The monoisotopic (exact) mass is 965 g/mol. The lowest BCUT2D eigenvalue weighted by atomic mass is 9.87. The van der Waals surface area contributed by atoms with Crippen molar-refractivity contribution >= 4 is 56.8 Å². The van der Waals surface area contributed by atoms with Crippen LogP contribution in [0.5, 0.6) is 0 Å². The Morgan fingerprint density at radius 3 is 0.820 bits per heavy atom. The highest BCUT2D eigenvalue weighted by Gasteiger charge is 2.47. The van der Waals surface area contributed by atoms with Crippen LogP contribution in [0.3, 0.4) is 0 Å². The van der Waals surface area contributed by atoms with Gasteiger partial charge in [0.05, 0.1) is 36.6 Å². The molecule has 0 aromatic rings. The molecule has 4 nitrogen and oxygen atoms in total. The molecule has 0 bridgehead atoms. The van der Waals surface area contributed by atoms with Crippen molar-refractivity contribution in [3.63, 3.8) is 0 Å². The second-order valence-corrected chi connectivity index (χ2v) is 64.0. The zero-order chi connectivity index (χ0) is 44.3. The molecule has 3 saturated carbocycles. The van der Waals surface area contributed by atoms with Gasteiger partial charge in [0.25, 0.3) is 0 Å². The Morgan fingerprint density at radius 2 is 0.574 bits per heavy atom. The average Bonchev–Trinajstić information content (AvgIpc) is 4.10. The third kappa shape index (κ3) is 17.8. The molecule has 0 aromatic heterocycles. The molecule has 0 radical (unpaired) electrons. The van der Waals surface area contributed by atoms with Crippen LogP contribution in [-0.2, 0) is 18.6 Å². The second kappa shape index (κ2) is 21.3. The minimum absolute atomic E-state index is 0.642. The van der Waals surface area contributed by atoms with Gasteiger partial charge in [-0.15, -0.1) is 0 Å². The summed E-state index contributed by atoms with van der Waals surface area (Å²) in [5.74, 6) is 2.85. The highest BCUT2D eigenvalue weighted by atomic mass is 28.4. The lowest BCUT2D eigenvalue weighted by molar-refractivity contribution is 0.320. The van der Waals surface area contributed by atoms with Gasteiger partial charge in [-0.25, -0.2) is 0 Å². The summed E-state index contributed by atoms with van der Waals surface area (Å²) in [4.78, 5) is 0. The standard InChI is InChI=1S/C50H104O4Si7/c1-14-51-61(36-33-58(8,9)30-27-55(2,3)24-21-42-15-18-45-48(39-42)52-45,37-34-59(10,11)31-28-56(4,5)25-22-43-16-19-46-49(40-43)53-46)38-35-60(12,13)32-29-57(6,7)26-23-44-17-20-47-50(41-44)54-47/h42-50H,14-41H2,1-13H3. The van der Waals surface area contributed by atoms with Gasteiger partial charge in [-0.05, 0) is 101 Å². The lowest BCUT2D eigenvalue weighted by Gasteiger charge is -2.39. The first-order valence-electron chi connectivity index (χ1n) is 27.0. The molecule has 6 aliphatic rings. The molecular weight excluding hydrogens is 861 g/mol. The highest BCUT2D eigenvalue weighted by molar-refractivity contribution is 6.87. The quantitative estimate of drug-likeness (QED) is 0.0554. The molecular formula is C50H104O4Si7. The van der Waals surface area contributed by atoms with E-state index in [-0.39, 0.29) is 0 Å². The third-order valence-electron chi connectivity index (χ3n) is 18.7. The van der Waals surface area contributed by atoms with Crippen LogP contribution in [0, 0.1) is 17.8 Å². The van der Waals surface area contributed by atoms with Gasteiger partial charge in [0.15, 0.2) is 8.32 Å². The van der Waals surface area contributed by atoms with Crippen molar-refractivity contribution in [1.82, 2.24) is 0 Å². The highest BCUT2D eigenvalue weighted by Crippen LogP contribution is 2.46. The molecule has 3 aliphatic carbocycles. The first-order valence-corrected chi connectivity index (χ1v) is 50.1. The maximum absolute atomic E-state index is 7.41. The van der Waals surface area contributed by atoms with Crippen LogP contribution in [0.25, 0.3) is 0 Å². The van der Waals surface area contributed by atoms with Crippen LogP contribution in [-0.4, -0.2) is 100.0 Å². The minimum atomic E-state index is -1.87. The summed E-state index contributed by atoms with van der Waals surface area (Å²) in [6.45, 7) is 36.5. The van der Waals surface area contributed by atoms with E-state index in [1.807, 2.05) is 0 Å². The molecule has 3 saturated heterocycles. The van der Waals surface area contributed by atoms with E-state index in [2.05, 4.69) is 85.5 Å². The smallest absolute Gasteiger partial charge is 0.191 e. The summed E-state index contributed by atoms with van der Waals surface area (Å²) in [7, 11) is -9.36. The van der Waals surface area contributed by atoms with Crippen molar-refractivity contribution in [3.8, 4) is 0 Å². The Bertz CT molecular complexity index is 1220. The van der Waals surface area contributed by atoms with Gasteiger partial charge in [0, 0.05) is 55.1 Å². The molecule has 9 atom stereocenters. The summed E-state index contributed by atoms with van der Waals surface area (Å²) < 4.78 is 25.1. The molecule has 3 heterocycles. The molecule has 6 rings (SSSR count). The van der Waals surface area contributed by atoms with E-state index < -0.39 is 56.8 Å². The minimum Gasteiger partial charge on any atom is -0.417 e. The SMILES string of the molecule is CCO[Si](CC[Si](C)(C)CC[Si](C)(C)CCC1CCC2OC2C1)(CC[Si](C)(C)CC[Si](C)(C)CCC1CCC2OC2C1)CC[Si](C)(C)CC[Si](C)(C)CCC1CCC2OC2C1. The number of epoxide rings is 3. The molecule has 9 unspecified atom stereocenters. The molecule has 11 heteroatoms. The largest absolute Gasteiger partial charge is 0.417 e. The second-order valence-electron chi connectivity index (χ2n) is 27.9. The fourth-order valence-electron chi connectivity index (χ4n) is 12.4. The number of rotatable bonds is 29. The van der Waals surface area contributed by atoms with Crippen molar-refractivity contribution in [2.24, 2.45) is 17.8 Å². The van der Waals surface area contributed by atoms with Gasteiger partial charge >= 0.3 is 0 Å². The number of ether oxygens (including phenoxy) is 3. The van der Waals surface area contributed by atoms with Crippen LogP contribution in [0.1, 0.15) is 84.0 Å².